The molecule has 0 amide bonds. The first-order chi connectivity index (χ1) is 9.90. The monoisotopic (exact) mass is 808 g/mol. The van der Waals surface area contributed by atoms with Gasteiger partial charge < -0.3 is 0 Å². The number of fused-ring (bicyclic) bond motifs is 2. The van der Waals surface area contributed by atoms with E-state index in [2.05, 4.69) is 47.0 Å². The summed E-state index contributed by atoms with van der Waals surface area (Å²) in [6.45, 7) is 0. The van der Waals surface area contributed by atoms with Gasteiger partial charge in [0.2, 0.25) is 0 Å². The van der Waals surface area contributed by atoms with Crippen LogP contribution in [-0.2, 0) is 0 Å². The van der Waals surface area contributed by atoms with Crippen LogP contribution in [0.1, 0.15) is 12.8 Å². The van der Waals surface area contributed by atoms with Gasteiger partial charge in [-0.05, 0) is 0 Å². The molecule has 4 saturated heterocycles. The Morgan fingerprint density at radius 1 is 0.550 bits per heavy atom. The van der Waals surface area contributed by atoms with Crippen molar-refractivity contribution in [3.8, 4) is 0 Å². The van der Waals surface area contributed by atoms with E-state index in [4.69, 9.17) is 0 Å². The van der Waals surface area contributed by atoms with Crippen molar-refractivity contribution < 1.29 is 0 Å². The number of rotatable bonds is 0. The van der Waals surface area contributed by atoms with Crippen LogP contribution in [-0.4, -0.2) is 96.9 Å². The van der Waals surface area contributed by atoms with Crippen LogP contribution < -0.4 is 0 Å². The molecule has 4 fully saturated rings. The molecule has 0 spiro atoms. The average molecular weight is 799 g/mol. The van der Waals surface area contributed by atoms with Crippen molar-refractivity contribution in [1.82, 2.24) is 0 Å². The third kappa shape index (κ3) is 4.34. The summed E-state index contributed by atoms with van der Waals surface area (Å²) in [6, 6.07) is 0. The van der Waals surface area contributed by atoms with Crippen LogP contribution >= 0.6 is 47.0 Å². The Morgan fingerprint density at radius 3 is 1.15 bits per heavy atom. The molecular formula is C12H16S4Te4. The number of hydrogen-bond acceptors (Lipinski definition) is 4. The second-order valence-electron chi connectivity index (χ2n) is 4.71. The van der Waals surface area contributed by atoms with Crippen LogP contribution in [0.5, 0.6) is 0 Å². The standard InChI is InChI=1S/C12H16S4Te4/c1-3-17-9-10(18-4-1)14-7(13-9)8-15-11-12(16-8)20-6-2-5-19-11/h9-12H,1-6H2. The molecule has 4 aliphatic heterocycles. The minimum absolute atomic E-state index is 0.334. The molecular weight excluding hydrogens is 783 g/mol. The zero-order chi connectivity index (χ0) is 13.4. The first-order valence-electron chi connectivity index (χ1n) is 6.77. The van der Waals surface area contributed by atoms with Gasteiger partial charge in [-0.3, -0.25) is 0 Å². The summed E-state index contributed by atoms with van der Waals surface area (Å²) in [6.07, 6.45) is 3.21. The van der Waals surface area contributed by atoms with Gasteiger partial charge in [-0.15, -0.1) is 0 Å². The molecule has 0 radical (unpaired) electrons. The maximum absolute atomic E-state index is 2.38. The third-order valence-electron chi connectivity index (χ3n) is 3.21. The van der Waals surface area contributed by atoms with Gasteiger partial charge in [0.1, 0.15) is 0 Å². The molecule has 0 bridgehead atoms. The average Bonchev–Trinajstić information content (AvgIpc) is 2.89. The van der Waals surface area contributed by atoms with Gasteiger partial charge in [-0.1, -0.05) is 0 Å². The van der Waals surface area contributed by atoms with Crippen LogP contribution in [0.25, 0.3) is 0 Å². The molecule has 0 aliphatic carbocycles. The van der Waals surface area contributed by atoms with Crippen LogP contribution in [0.3, 0.4) is 0 Å². The fourth-order valence-corrected chi connectivity index (χ4v) is 39.8. The molecule has 0 N–H and O–H groups in total. The second-order valence-corrected chi connectivity index (χ2v) is 27.8. The van der Waals surface area contributed by atoms with Gasteiger partial charge in [0, 0.05) is 0 Å². The topological polar surface area (TPSA) is 0 Å². The molecule has 4 rings (SSSR count). The Hall–Kier alpha value is 4.30. The summed E-state index contributed by atoms with van der Waals surface area (Å²) < 4.78 is 14.9. The Labute approximate surface area is 179 Å². The minimum atomic E-state index is 0.334. The van der Waals surface area contributed by atoms with Crippen molar-refractivity contribution in [2.45, 2.75) is 43.9 Å². The van der Waals surface area contributed by atoms with E-state index in [0.29, 0.717) is 83.7 Å². The van der Waals surface area contributed by atoms with Crippen LogP contribution in [0, 0.1) is 0 Å². The molecule has 0 aromatic carbocycles. The molecule has 0 aromatic heterocycles. The fraction of sp³-hybridized carbons (Fsp3) is 0.833. The van der Waals surface area contributed by atoms with E-state index in [-0.39, 0.29) is 0 Å². The summed E-state index contributed by atoms with van der Waals surface area (Å²) in [5, 5.41) is 0. The van der Waals surface area contributed by atoms with Gasteiger partial charge in [0.05, 0.1) is 0 Å². The molecule has 4 unspecified atom stereocenters. The van der Waals surface area contributed by atoms with Crippen molar-refractivity contribution in [1.29, 1.82) is 0 Å². The molecule has 0 saturated carbocycles. The summed E-state index contributed by atoms with van der Waals surface area (Å²) in [5.41, 5.74) is 0. The van der Waals surface area contributed by atoms with E-state index in [1.54, 1.807) is 30.7 Å². The van der Waals surface area contributed by atoms with Crippen LogP contribution in [0.4, 0.5) is 0 Å². The van der Waals surface area contributed by atoms with Gasteiger partial charge in [-0.2, -0.15) is 0 Å². The Balaban J connectivity index is 1.47. The molecule has 4 aliphatic rings. The fourth-order valence-electron chi connectivity index (χ4n) is 2.26. The number of thioether (sulfide) groups is 4. The maximum atomic E-state index is 2.38. The van der Waals surface area contributed by atoms with Crippen molar-refractivity contribution >= 4 is 131 Å². The van der Waals surface area contributed by atoms with E-state index >= 15 is 0 Å². The van der Waals surface area contributed by atoms with Crippen molar-refractivity contribution in [3.05, 3.63) is 8.47 Å². The predicted octanol–water partition coefficient (Wildman–Crippen LogP) is 3.67. The first-order valence-corrected chi connectivity index (χ1v) is 22.3. The Bertz CT molecular complexity index is 337. The molecule has 112 valence electrons. The Kier molecular flexibility index (Phi) is 7.78. The Morgan fingerprint density at radius 2 is 0.850 bits per heavy atom. The van der Waals surface area contributed by atoms with E-state index in [1.807, 2.05) is 8.47 Å². The van der Waals surface area contributed by atoms with Gasteiger partial charge in [0.25, 0.3) is 0 Å². The predicted molar refractivity (Wildman–Crippen MR) is 104 cm³/mol. The van der Waals surface area contributed by atoms with Crippen LogP contribution in [0.2, 0.25) is 17.9 Å². The summed E-state index contributed by atoms with van der Waals surface area (Å²) in [7, 11) is 0. The van der Waals surface area contributed by atoms with Crippen LogP contribution in [0.15, 0.2) is 8.47 Å². The van der Waals surface area contributed by atoms with Gasteiger partial charge in [-0.25, -0.2) is 0 Å². The van der Waals surface area contributed by atoms with E-state index in [0.717, 1.165) is 13.2 Å². The summed E-state index contributed by atoms with van der Waals surface area (Å²) in [4.78, 5) is 0. The first kappa shape index (κ1) is 17.7. The van der Waals surface area contributed by atoms with Gasteiger partial charge in [0.15, 0.2) is 0 Å². The quantitative estimate of drug-likeness (QED) is 0.344. The zero-order valence-corrected chi connectivity index (χ0v) is 23.4. The van der Waals surface area contributed by atoms with Crippen molar-refractivity contribution in [2.24, 2.45) is 0 Å². The third-order valence-corrected chi connectivity index (χ3v) is 34.2. The van der Waals surface area contributed by atoms with Crippen molar-refractivity contribution in [3.63, 3.8) is 0 Å². The van der Waals surface area contributed by atoms with E-state index < -0.39 is 0 Å². The zero-order valence-electron chi connectivity index (χ0n) is 10.8. The normalized spacial score (nSPS) is 42.0. The number of hydrogen-bond donors (Lipinski definition) is 0. The molecule has 4 atom stereocenters. The van der Waals surface area contributed by atoms with Crippen molar-refractivity contribution in [2.75, 3.05) is 0 Å². The summed E-state index contributed by atoms with van der Waals surface area (Å²) in [5.74, 6) is 0. The summed E-state index contributed by atoms with van der Waals surface area (Å²) >= 11 is 10.8. The molecule has 8 heteroatoms. The van der Waals surface area contributed by atoms with Gasteiger partial charge >= 0.3 is 183 Å². The van der Waals surface area contributed by atoms with E-state index in [1.165, 1.54) is 0 Å². The molecule has 0 aromatic rings. The second kappa shape index (κ2) is 8.79. The molecule has 4 heterocycles. The molecule has 20 heavy (non-hydrogen) atoms. The SMILES string of the molecule is C1C[Te]C2SC(=C3SC4[Te]CCC[Te]C4S3)SC2[Te]C1. The van der Waals surface area contributed by atoms with E-state index in [9.17, 15) is 0 Å². The molecule has 0 nitrogen and oxygen atoms in total.